The molecule has 0 aromatic carbocycles. The van der Waals surface area contributed by atoms with E-state index in [0.717, 1.165) is 0 Å². The number of nitrogens with one attached hydrogen (secondary N) is 1. The lowest BCUT2D eigenvalue weighted by Gasteiger charge is -2.12. The lowest BCUT2D eigenvalue weighted by molar-refractivity contribution is -0.141. The van der Waals surface area contributed by atoms with Gasteiger partial charge in [-0.15, -0.1) is 0 Å². The van der Waals surface area contributed by atoms with Gasteiger partial charge in [-0.1, -0.05) is 0 Å². The Hall–Kier alpha value is -1.98. The van der Waals surface area contributed by atoms with Crippen LogP contribution in [-0.4, -0.2) is 33.0 Å². The zero-order valence-corrected chi connectivity index (χ0v) is 8.17. The van der Waals surface area contributed by atoms with Gasteiger partial charge in [0.1, 0.15) is 12.4 Å². The topological polar surface area (TPSA) is 92.2 Å². The number of amides is 1. The van der Waals surface area contributed by atoms with E-state index in [9.17, 15) is 9.59 Å². The number of aromatic nitrogens is 2. The molecule has 0 fully saturated rings. The van der Waals surface area contributed by atoms with Crippen LogP contribution in [0.4, 0.5) is 0 Å². The van der Waals surface area contributed by atoms with E-state index in [-0.39, 0.29) is 12.3 Å². The fourth-order valence-electron chi connectivity index (χ4n) is 1.12. The first kappa shape index (κ1) is 11.1. The van der Waals surface area contributed by atoms with Crippen molar-refractivity contribution in [1.82, 2.24) is 15.3 Å². The third-order valence-corrected chi connectivity index (χ3v) is 1.73. The summed E-state index contributed by atoms with van der Waals surface area (Å²) in [6.45, 7) is 1.28. The average molecular weight is 209 g/mol. The van der Waals surface area contributed by atoms with E-state index in [2.05, 4.69) is 15.3 Å². The number of carboxylic acid groups (broad SMARTS) is 1. The normalized spacial score (nSPS) is 11.8. The first-order valence-electron chi connectivity index (χ1n) is 4.33. The standard InChI is InChI=1S/C9H11N3O3/c1-6(13)12-8(9(14)15)2-7-3-10-5-11-4-7/h3-5,8H,2H2,1H3,(H,12,13)(H,14,15)/t8-/m0/s1. The third-order valence-electron chi connectivity index (χ3n) is 1.73. The maximum absolute atomic E-state index is 10.8. The van der Waals surface area contributed by atoms with Gasteiger partial charge in [0.05, 0.1) is 0 Å². The Morgan fingerprint density at radius 1 is 1.47 bits per heavy atom. The molecule has 0 unspecified atom stereocenters. The molecular weight excluding hydrogens is 198 g/mol. The number of hydrogen-bond donors (Lipinski definition) is 2. The van der Waals surface area contributed by atoms with Gasteiger partial charge in [-0.3, -0.25) is 4.79 Å². The van der Waals surface area contributed by atoms with Crippen molar-refractivity contribution in [3.63, 3.8) is 0 Å². The Balaban J connectivity index is 2.67. The van der Waals surface area contributed by atoms with Crippen LogP contribution in [0.15, 0.2) is 18.7 Å². The highest BCUT2D eigenvalue weighted by Crippen LogP contribution is 2.00. The van der Waals surface area contributed by atoms with E-state index >= 15 is 0 Å². The van der Waals surface area contributed by atoms with Crippen LogP contribution in [0.3, 0.4) is 0 Å². The molecular formula is C9H11N3O3. The van der Waals surface area contributed by atoms with Crippen molar-refractivity contribution in [2.24, 2.45) is 0 Å². The molecule has 6 heteroatoms. The number of carbonyl (C=O) groups is 2. The molecule has 1 aromatic rings. The number of carboxylic acids is 1. The molecule has 0 spiro atoms. The Bertz CT molecular complexity index is 353. The minimum atomic E-state index is -1.07. The highest BCUT2D eigenvalue weighted by molar-refractivity contribution is 5.82. The van der Waals surface area contributed by atoms with Gasteiger partial charge in [-0.05, 0) is 5.56 Å². The second kappa shape index (κ2) is 5.04. The molecule has 0 saturated heterocycles. The van der Waals surface area contributed by atoms with Gasteiger partial charge in [-0.2, -0.15) is 0 Å². The van der Waals surface area contributed by atoms with E-state index in [0.29, 0.717) is 5.56 Å². The summed E-state index contributed by atoms with van der Waals surface area (Å²) in [7, 11) is 0. The van der Waals surface area contributed by atoms with Crippen molar-refractivity contribution in [1.29, 1.82) is 0 Å². The van der Waals surface area contributed by atoms with Crippen molar-refractivity contribution in [3.05, 3.63) is 24.3 Å². The summed E-state index contributed by atoms with van der Waals surface area (Å²) >= 11 is 0. The van der Waals surface area contributed by atoms with E-state index in [4.69, 9.17) is 5.11 Å². The summed E-state index contributed by atoms with van der Waals surface area (Å²) in [4.78, 5) is 29.0. The Kier molecular flexibility index (Phi) is 3.73. The maximum Gasteiger partial charge on any atom is 0.326 e. The van der Waals surface area contributed by atoms with Crippen LogP contribution < -0.4 is 5.32 Å². The largest absolute Gasteiger partial charge is 0.480 e. The van der Waals surface area contributed by atoms with Gasteiger partial charge in [0, 0.05) is 25.7 Å². The van der Waals surface area contributed by atoms with Crippen molar-refractivity contribution >= 4 is 11.9 Å². The molecule has 0 aliphatic carbocycles. The minimum Gasteiger partial charge on any atom is -0.480 e. The van der Waals surface area contributed by atoms with Crippen molar-refractivity contribution < 1.29 is 14.7 Å². The SMILES string of the molecule is CC(=O)N[C@@H](Cc1cncnc1)C(=O)O. The summed E-state index contributed by atoms with van der Waals surface area (Å²) in [6, 6.07) is -0.937. The summed E-state index contributed by atoms with van der Waals surface area (Å²) < 4.78 is 0. The number of rotatable bonds is 4. The molecule has 1 rings (SSSR count). The van der Waals surface area contributed by atoms with E-state index in [1.54, 1.807) is 0 Å². The quantitative estimate of drug-likeness (QED) is 0.704. The number of hydrogen-bond acceptors (Lipinski definition) is 4. The predicted octanol–water partition coefficient (Wildman–Crippen LogP) is -0.392. The van der Waals surface area contributed by atoms with Crippen LogP contribution in [0.1, 0.15) is 12.5 Å². The van der Waals surface area contributed by atoms with Gasteiger partial charge in [0.25, 0.3) is 0 Å². The fraction of sp³-hybridized carbons (Fsp3) is 0.333. The van der Waals surface area contributed by atoms with Crippen LogP contribution in [0.2, 0.25) is 0 Å². The first-order valence-corrected chi connectivity index (χ1v) is 4.33. The predicted molar refractivity (Wildman–Crippen MR) is 51.0 cm³/mol. The summed E-state index contributed by atoms with van der Waals surface area (Å²) in [5.41, 5.74) is 0.665. The summed E-state index contributed by atoms with van der Waals surface area (Å²) in [6.07, 6.45) is 4.57. The van der Waals surface area contributed by atoms with Crippen LogP contribution in [-0.2, 0) is 16.0 Å². The van der Waals surface area contributed by atoms with Gasteiger partial charge in [0.15, 0.2) is 0 Å². The zero-order valence-electron chi connectivity index (χ0n) is 8.17. The summed E-state index contributed by atoms with van der Waals surface area (Å²) in [5, 5.41) is 11.2. The molecule has 80 valence electrons. The summed E-state index contributed by atoms with van der Waals surface area (Å²) in [5.74, 6) is -1.45. The molecule has 1 aromatic heterocycles. The van der Waals surface area contributed by atoms with Gasteiger partial charge in [0.2, 0.25) is 5.91 Å². The van der Waals surface area contributed by atoms with Crippen LogP contribution in [0, 0.1) is 0 Å². The zero-order chi connectivity index (χ0) is 11.3. The highest BCUT2D eigenvalue weighted by atomic mass is 16.4. The van der Waals surface area contributed by atoms with Crippen LogP contribution in [0.25, 0.3) is 0 Å². The smallest absolute Gasteiger partial charge is 0.326 e. The number of nitrogens with zero attached hydrogens (tertiary/aromatic N) is 2. The average Bonchev–Trinajstić information content (AvgIpc) is 2.17. The van der Waals surface area contributed by atoms with E-state index in [1.807, 2.05) is 0 Å². The van der Waals surface area contributed by atoms with Gasteiger partial charge in [-0.25, -0.2) is 14.8 Å². The molecule has 0 radical (unpaired) electrons. The number of aliphatic carboxylic acids is 1. The molecule has 6 nitrogen and oxygen atoms in total. The lowest BCUT2D eigenvalue weighted by Crippen LogP contribution is -2.41. The van der Waals surface area contributed by atoms with Crippen molar-refractivity contribution in [3.8, 4) is 0 Å². The molecule has 1 heterocycles. The van der Waals surface area contributed by atoms with Crippen LogP contribution >= 0.6 is 0 Å². The second-order valence-corrected chi connectivity index (χ2v) is 3.04. The third kappa shape index (κ3) is 3.72. The molecule has 0 aliphatic heterocycles. The van der Waals surface area contributed by atoms with E-state index < -0.39 is 12.0 Å². The molecule has 1 amide bonds. The van der Waals surface area contributed by atoms with Gasteiger partial charge < -0.3 is 10.4 Å². The number of carbonyl (C=O) groups excluding carboxylic acids is 1. The molecule has 0 saturated carbocycles. The molecule has 2 N–H and O–H groups in total. The molecule has 0 aliphatic rings. The highest BCUT2D eigenvalue weighted by Gasteiger charge is 2.18. The molecule has 0 bridgehead atoms. The maximum atomic E-state index is 10.8. The fourth-order valence-corrected chi connectivity index (χ4v) is 1.12. The minimum absolute atomic E-state index is 0.176. The monoisotopic (exact) mass is 209 g/mol. The van der Waals surface area contributed by atoms with Crippen LogP contribution in [0.5, 0.6) is 0 Å². The van der Waals surface area contributed by atoms with Gasteiger partial charge >= 0.3 is 5.97 Å². The van der Waals surface area contributed by atoms with Crippen molar-refractivity contribution in [2.45, 2.75) is 19.4 Å². The Morgan fingerprint density at radius 2 is 2.07 bits per heavy atom. The lowest BCUT2D eigenvalue weighted by atomic mass is 10.1. The molecule has 1 atom stereocenters. The van der Waals surface area contributed by atoms with Crippen molar-refractivity contribution in [2.75, 3.05) is 0 Å². The molecule has 15 heavy (non-hydrogen) atoms. The Morgan fingerprint density at radius 3 is 2.53 bits per heavy atom. The second-order valence-electron chi connectivity index (χ2n) is 3.04. The van der Waals surface area contributed by atoms with E-state index in [1.165, 1.54) is 25.6 Å². The first-order chi connectivity index (χ1) is 7.09. The Labute approximate surface area is 86.4 Å².